The van der Waals surface area contributed by atoms with Gasteiger partial charge in [0.2, 0.25) is 5.91 Å². The second-order valence-corrected chi connectivity index (χ2v) is 8.22. The molecule has 0 radical (unpaired) electrons. The molecule has 10 nitrogen and oxygen atoms in total. The fourth-order valence-corrected chi connectivity index (χ4v) is 3.85. The maximum absolute atomic E-state index is 13.1. The lowest BCUT2D eigenvalue weighted by Crippen LogP contribution is -2.52. The number of likely N-dealkylation sites (tertiary alicyclic amines) is 1. The Hall–Kier alpha value is -2.82. The molecular formula is C19H25N5O5S. The van der Waals surface area contributed by atoms with Crippen LogP contribution < -0.4 is 0 Å². The highest BCUT2D eigenvalue weighted by Gasteiger charge is 2.41. The van der Waals surface area contributed by atoms with E-state index in [1.54, 1.807) is 4.90 Å². The Balaban J connectivity index is 1.62. The second-order valence-electron chi connectivity index (χ2n) is 7.49. The Morgan fingerprint density at radius 1 is 1.33 bits per heavy atom. The largest absolute Gasteiger partial charge is 0.445 e. The number of nitro benzene ring substituents is 1. The summed E-state index contributed by atoms with van der Waals surface area (Å²) in [5.74, 6) is 0.690. The van der Waals surface area contributed by atoms with Gasteiger partial charge in [0.05, 0.1) is 18.0 Å². The summed E-state index contributed by atoms with van der Waals surface area (Å²) in [6.45, 7) is 1.73. The van der Waals surface area contributed by atoms with Crippen molar-refractivity contribution in [1.82, 2.24) is 14.7 Å². The molecule has 1 aromatic rings. The Morgan fingerprint density at radius 3 is 2.67 bits per heavy atom. The van der Waals surface area contributed by atoms with Crippen molar-refractivity contribution in [1.29, 1.82) is 0 Å². The second kappa shape index (κ2) is 9.33. The third kappa shape index (κ3) is 5.02. The number of hydrogen-bond acceptors (Lipinski definition) is 8. The maximum atomic E-state index is 13.1. The molecular weight excluding hydrogens is 410 g/mol. The van der Waals surface area contributed by atoms with E-state index < -0.39 is 17.1 Å². The van der Waals surface area contributed by atoms with Crippen molar-refractivity contribution in [2.24, 2.45) is 4.99 Å². The molecule has 0 spiro atoms. The smallest absolute Gasteiger partial charge is 0.410 e. The van der Waals surface area contributed by atoms with Crippen molar-refractivity contribution in [2.45, 2.75) is 24.3 Å². The van der Waals surface area contributed by atoms with Crippen molar-refractivity contribution < 1.29 is 19.2 Å². The van der Waals surface area contributed by atoms with Crippen molar-refractivity contribution in [3.8, 4) is 0 Å². The summed E-state index contributed by atoms with van der Waals surface area (Å²) in [6.07, 6.45) is -0.138. The van der Waals surface area contributed by atoms with E-state index in [1.807, 2.05) is 19.0 Å². The monoisotopic (exact) mass is 435 g/mol. The molecule has 2 heterocycles. The number of thiol groups is 1. The summed E-state index contributed by atoms with van der Waals surface area (Å²) in [6, 6.07) is 5.16. The molecule has 0 N–H and O–H groups in total. The number of rotatable bonds is 4. The lowest BCUT2D eigenvalue weighted by molar-refractivity contribution is -0.384. The number of ether oxygens (including phenoxy) is 1. The Morgan fingerprint density at radius 2 is 2.03 bits per heavy atom. The molecule has 2 aliphatic heterocycles. The van der Waals surface area contributed by atoms with Gasteiger partial charge in [-0.05, 0) is 24.1 Å². The maximum Gasteiger partial charge on any atom is 0.410 e. The number of benzene rings is 1. The summed E-state index contributed by atoms with van der Waals surface area (Å²) in [7, 11) is 3.77. The van der Waals surface area contributed by atoms with E-state index >= 15 is 0 Å². The molecule has 1 fully saturated rings. The molecule has 0 aliphatic carbocycles. The van der Waals surface area contributed by atoms with Crippen LogP contribution >= 0.6 is 12.6 Å². The molecule has 1 saturated heterocycles. The van der Waals surface area contributed by atoms with Crippen LogP contribution in [0.3, 0.4) is 0 Å². The summed E-state index contributed by atoms with van der Waals surface area (Å²) >= 11 is 4.47. The van der Waals surface area contributed by atoms with Crippen molar-refractivity contribution >= 4 is 36.2 Å². The highest BCUT2D eigenvalue weighted by Crippen LogP contribution is 2.25. The van der Waals surface area contributed by atoms with Crippen LogP contribution in [0.5, 0.6) is 0 Å². The molecule has 0 unspecified atom stereocenters. The number of nitro groups is 1. The van der Waals surface area contributed by atoms with Gasteiger partial charge in [0.25, 0.3) is 5.69 Å². The summed E-state index contributed by atoms with van der Waals surface area (Å²) < 4.78 is 5.37. The molecule has 0 bridgehead atoms. The Labute approximate surface area is 180 Å². The van der Waals surface area contributed by atoms with E-state index in [2.05, 4.69) is 17.6 Å². The zero-order chi connectivity index (χ0) is 21.8. The van der Waals surface area contributed by atoms with Gasteiger partial charge < -0.3 is 14.5 Å². The molecule has 0 aromatic heterocycles. The first kappa shape index (κ1) is 21.9. The van der Waals surface area contributed by atoms with Crippen molar-refractivity contribution in [2.75, 3.05) is 40.3 Å². The fraction of sp³-hybridized carbons (Fsp3) is 0.526. The lowest BCUT2D eigenvalue weighted by atomic mass is 10.1. The van der Waals surface area contributed by atoms with Crippen LogP contribution in [0.2, 0.25) is 0 Å². The highest BCUT2D eigenvalue weighted by molar-refractivity contribution is 7.81. The minimum atomic E-state index is -0.627. The van der Waals surface area contributed by atoms with Crippen LogP contribution in [0.4, 0.5) is 10.5 Å². The van der Waals surface area contributed by atoms with E-state index in [0.717, 1.165) is 5.84 Å². The average Bonchev–Trinajstić information content (AvgIpc) is 3.13. The van der Waals surface area contributed by atoms with Crippen LogP contribution in [-0.4, -0.2) is 89.0 Å². The third-order valence-electron chi connectivity index (χ3n) is 5.13. The molecule has 1 aromatic carbocycles. The summed E-state index contributed by atoms with van der Waals surface area (Å²) in [5.41, 5.74) is 0.594. The molecule has 162 valence electrons. The minimum Gasteiger partial charge on any atom is -0.445 e. The van der Waals surface area contributed by atoms with Gasteiger partial charge in [-0.1, -0.05) is 0 Å². The SMILES string of the molecule is CN(C)C1=NCCN(C(=O)[C@@H]2C[C@H](S)CN2C(=O)OCc2ccc([N+](=O)[O-])cc2)C1. The topological polar surface area (TPSA) is 109 Å². The van der Waals surface area contributed by atoms with Gasteiger partial charge in [0, 0.05) is 44.6 Å². The number of amides is 2. The van der Waals surface area contributed by atoms with Gasteiger partial charge in [0.1, 0.15) is 18.5 Å². The predicted molar refractivity (Wildman–Crippen MR) is 114 cm³/mol. The number of nitrogens with zero attached hydrogens (tertiary/aromatic N) is 5. The molecule has 11 heteroatoms. The highest BCUT2D eigenvalue weighted by atomic mass is 32.1. The zero-order valence-electron chi connectivity index (χ0n) is 16.9. The van der Waals surface area contributed by atoms with Crippen LogP contribution in [0.1, 0.15) is 12.0 Å². The lowest BCUT2D eigenvalue weighted by Gasteiger charge is -2.33. The normalized spacial score (nSPS) is 21.2. The molecule has 2 amide bonds. The zero-order valence-corrected chi connectivity index (χ0v) is 17.8. The van der Waals surface area contributed by atoms with E-state index in [1.165, 1.54) is 29.2 Å². The summed E-state index contributed by atoms with van der Waals surface area (Å²) in [4.78, 5) is 45.5. The van der Waals surface area contributed by atoms with Crippen LogP contribution in [-0.2, 0) is 16.1 Å². The quantitative estimate of drug-likeness (QED) is 0.435. The molecule has 2 atom stereocenters. The fourth-order valence-electron chi connectivity index (χ4n) is 3.47. The standard InChI is InChI=1S/C19H25N5O5S/c1-21(2)17-11-22(8-7-20-17)18(25)16-9-15(30)10-23(16)19(26)29-12-13-3-5-14(6-4-13)24(27)28/h3-6,15-16,30H,7-12H2,1-2H3/t15-,16-/m0/s1. The number of non-ortho nitro benzene ring substituents is 1. The number of carbonyl (C=O) groups is 2. The van der Waals surface area contributed by atoms with Gasteiger partial charge in [-0.3, -0.25) is 24.8 Å². The van der Waals surface area contributed by atoms with E-state index in [-0.39, 0.29) is 23.5 Å². The number of carbonyl (C=O) groups excluding carboxylic acids is 2. The first-order chi connectivity index (χ1) is 14.3. The van der Waals surface area contributed by atoms with E-state index in [0.29, 0.717) is 38.2 Å². The van der Waals surface area contributed by atoms with Gasteiger partial charge in [-0.2, -0.15) is 12.6 Å². The minimum absolute atomic E-state index is 0.0321. The number of likely N-dealkylation sites (N-methyl/N-ethyl adjacent to an activating group) is 1. The average molecular weight is 436 g/mol. The molecule has 2 aliphatic rings. The van der Waals surface area contributed by atoms with E-state index in [9.17, 15) is 19.7 Å². The van der Waals surface area contributed by atoms with Crippen LogP contribution in [0.15, 0.2) is 29.3 Å². The van der Waals surface area contributed by atoms with Gasteiger partial charge in [-0.15, -0.1) is 0 Å². The third-order valence-corrected chi connectivity index (χ3v) is 5.51. The molecule has 3 rings (SSSR count). The van der Waals surface area contributed by atoms with Crippen molar-refractivity contribution in [3.63, 3.8) is 0 Å². The first-order valence-electron chi connectivity index (χ1n) is 9.60. The van der Waals surface area contributed by atoms with Crippen LogP contribution in [0.25, 0.3) is 0 Å². The number of hydrogen-bond donors (Lipinski definition) is 1. The summed E-state index contributed by atoms with van der Waals surface area (Å²) in [5, 5.41) is 10.6. The van der Waals surface area contributed by atoms with Gasteiger partial charge in [0.15, 0.2) is 0 Å². The van der Waals surface area contributed by atoms with E-state index in [4.69, 9.17) is 4.74 Å². The molecule has 30 heavy (non-hydrogen) atoms. The predicted octanol–water partition coefficient (Wildman–Crippen LogP) is 1.41. The van der Waals surface area contributed by atoms with Gasteiger partial charge in [-0.25, -0.2) is 4.79 Å². The molecule has 0 saturated carbocycles. The van der Waals surface area contributed by atoms with Gasteiger partial charge >= 0.3 is 6.09 Å². The van der Waals surface area contributed by atoms with Crippen molar-refractivity contribution in [3.05, 3.63) is 39.9 Å². The first-order valence-corrected chi connectivity index (χ1v) is 10.1. The Kier molecular flexibility index (Phi) is 6.80. The number of aliphatic imine (C=N–C) groups is 1. The Bertz CT molecular complexity index is 844. The van der Waals surface area contributed by atoms with Crippen LogP contribution in [0, 0.1) is 10.1 Å². The number of amidine groups is 1.